The van der Waals surface area contributed by atoms with Crippen molar-refractivity contribution in [3.8, 4) is 5.75 Å². The van der Waals surface area contributed by atoms with Crippen molar-refractivity contribution in [1.29, 1.82) is 0 Å². The Labute approximate surface area is 83.3 Å². The number of carbonyl (C=O) groups is 1. The average Bonchev–Trinajstić information content (AvgIpc) is 2.05. The molecule has 0 spiro atoms. The number of hydrogen-bond acceptors (Lipinski definition) is 3. The van der Waals surface area contributed by atoms with Crippen molar-refractivity contribution in [2.24, 2.45) is 5.73 Å². The molecule has 2 N–H and O–H groups in total. The second-order valence-corrected chi connectivity index (χ2v) is 2.44. The first kappa shape index (κ1) is 11.9. The molecule has 0 aliphatic heterocycles. The molecule has 0 unspecified atom stereocenters. The quantitative estimate of drug-likeness (QED) is 0.583. The van der Waals surface area contributed by atoms with Crippen molar-refractivity contribution in [2.75, 3.05) is 0 Å². The summed E-state index contributed by atoms with van der Waals surface area (Å²) in [6, 6.07) is 7.11. The van der Waals surface area contributed by atoms with Crippen LogP contribution in [0.1, 0.15) is 12.5 Å². The first-order chi connectivity index (χ1) is 5.72. The second kappa shape index (κ2) is 5.56. The average molecular weight is 202 g/mol. The molecule has 0 aliphatic rings. The van der Waals surface area contributed by atoms with Crippen LogP contribution in [-0.2, 0) is 11.3 Å². The van der Waals surface area contributed by atoms with E-state index in [1.165, 1.54) is 6.92 Å². The molecule has 0 aromatic heterocycles. The second-order valence-electron chi connectivity index (χ2n) is 2.44. The van der Waals surface area contributed by atoms with Gasteiger partial charge in [0.15, 0.2) is 0 Å². The molecule has 0 aliphatic carbocycles. The molecule has 3 nitrogen and oxygen atoms in total. The molecular weight excluding hydrogens is 190 g/mol. The van der Waals surface area contributed by atoms with Gasteiger partial charge in [0.2, 0.25) is 0 Å². The third kappa shape index (κ3) is 3.92. The van der Waals surface area contributed by atoms with Crippen molar-refractivity contribution in [3.63, 3.8) is 0 Å². The zero-order valence-corrected chi connectivity index (χ0v) is 8.14. The molecule has 4 heteroatoms. The van der Waals surface area contributed by atoms with Gasteiger partial charge < -0.3 is 10.5 Å². The van der Waals surface area contributed by atoms with Crippen LogP contribution in [0.3, 0.4) is 0 Å². The molecule has 0 saturated carbocycles. The highest BCUT2D eigenvalue weighted by Gasteiger charge is 1.96. The van der Waals surface area contributed by atoms with E-state index >= 15 is 0 Å². The summed E-state index contributed by atoms with van der Waals surface area (Å²) in [6.45, 7) is 1.87. The van der Waals surface area contributed by atoms with Gasteiger partial charge in [0.25, 0.3) is 0 Å². The van der Waals surface area contributed by atoms with E-state index in [9.17, 15) is 4.79 Å². The van der Waals surface area contributed by atoms with Crippen LogP contribution in [0, 0.1) is 0 Å². The van der Waals surface area contributed by atoms with E-state index in [-0.39, 0.29) is 18.4 Å². The molecular formula is C9H12ClNO2. The summed E-state index contributed by atoms with van der Waals surface area (Å²) >= 11 is 0. The first-order valence-electron chi connectivity index (χ1n) is 3.70. The summed E-state index contributed by atoms with van der Waals surface area (Å²) in [5.74, 6) is 0.246. The largest absolute Gasteiger partial charge is 0.427 e. The summed E-state index contributed by atoms with van der Waals surface area (Å²) in [5.41, 5.74) is 6.41. The van der Waals surface area contributed by atoms with Gasteiger partial charge in [0.05, 0.1) is 0 Å². The topological polar surface area (TPSA) is 52.3 Å². The van der Waals surface area contributed by atoms with Crippen molar-refractivity contribution in [1.82, 2.24) is 0 Å². The minimum Gasteiger partial charge on any atom is -0.427 e. The van der Waals surface area contributed by atoms with Gasteiger partial charge in [-0.1, -0.05) is 12.1 Å². The molecule has 0 saturated heterocycles. The predicted molar refractivity (Wildman–Crippen MR) is 52.9 cm³/mol. The number of esters is 1. The molecule has 0 bridgehead atoms. The zero-order chi connectivity index (χ0) is 8.97. The van der Waals surface area contributed by atoms with Crippen LogP contribution < -0.4 is 10.5 Å². The molecule has 1 aromatic carbocycles. The maximum absolute atomic E-state index is 10.5. The number of hydrogen-bond donors (Lipinski definition) is 1. The van der Waals surface area contributed by atoms with Gasteiger partial charge in [0.1, 0.15) is 5.75 Å². The summed E-state index contributed by atoms with van der Waals surface area (Å²) in [7, 11) is 0. The lowest BCUT2D eigenvalue weighted by Crippen LogP contribution is -2.01. The van der Waals surface area contributed by atoms with E-state index in [1.54, 1.807) is 12.1 Å². The number of ether oxygens (including phenoxy) is 1. The number of carbonyl (C=O) groups excluding carboxylic acids is 1. The lowest BCUT2D eigenvalue weighted by molar-refractivity contribution is -0.131. The molecule has 72 valence electrons. The van der Waals surface area contributed by atoms with Gasteiger partial charge in [-0.3, -0.25) is 4.79 Å². The minimum atomic E-state index is -0.310. The third-order valence-electron chi connectivity index (χ3n) is 1.42. The Hall–Kier alpha value is -1.06. The van der Waals surface area contributed by atoms with Crippen LogP contribution in [0.4, 0.5) is 0 Å². The lowest BCUT2D eigenvalue weighted by atomic mass is 10.2. The van der Waals surface area contributed by atoms with Crippen molar-refractivity contribution >= 4 is 18.4 Å². The van der Waals surface area contributed by atoms with Crippen LogP contribution in [0.25, 0.3) is 0 Å². The molecule has 13 heavy (non-hydrogen) atoms. The monoisotopic (exact) mass is 201 g/mol. The van der Waals surface area contributed by atoms with Crippen LogP contribution in [0.15, 0.2) is 24.3 Å². The number of halogens is 1. The van der Waals surface area contributed by atoms with Gasteiger partial charge in [-0.25, -0.2) is 0 Å². The van der Waals surface area contributed by atoms with Gasteiger partial charge >= 0.3 is 5.97 Å². The Bertz CT molecular complexity index is 271. The van der Waals surface area contributed by atoms with Crippen LogP contribution in [0.2, 0.25) is 0 Å². The Kier molecular flexibility index (Phi) is 5.11. The first-order valence-corrected chi connectivity index (χ1v) is 3.70. The Morgan fingerprint density at radius 3 is 2.31 bits per heavy atom. The summed E-state index contributed by atoms with van der Waals surface area (Å²) < 4.78 is 4.83. The molecule has 1 rings (SSSR count). The number of benzene rings is 1. The highest BCUT2D eigenvalue weighted by Crippen LogP contribution is 2.11. The maximum Gasteiger partial charge on any atom is 0.308 e. The van der Waals surface area contributed by atoms with E-state index in [0.717, 1.165) is 5.56 Å². The molecule has 0 radical (unpaired) electrons. The maximum atomic E-state index is 10.5. The smallest absolute Gasteiger partial charge is 0.308 e. The SMILES string of the molecule is CC(=O)Oc1ccc(CN)cc1.Cl. The van der Waals surface area contributed by atoms with E-state index in [0.29, 0.717) is 12.3 Å². The number of nitrogens with two attached hydrogens (primary N) is 1. The van der Waals surface area contributed by atoms with Gasteiger partial charge in [-0.2, -0.15) is 0 Å². The van der Waals surface area contributed by atoms with Gasteiger partial charge in [-0.05, 0) is 17.7 Å². The van der Waals surface area contributed by atoms with Gasteiger partial charge in [0, 0.05) is 13.5 Å². The summed E-state index contributed by atoms with van der Waals surface area (Å²) in [5, 5.41) is 0. The Morgan fingerprint density at radius 1 is 1.38 bits per heavy atom. The Morgan fingerprint density at radius 2 is 1.92 bits per heavy atom. The lowest BCUT2D eigenvalue weighted by Gasteiger charge is -2.01. The molecule has 0 heterocycles. The molecule has 0 amide bonds. The standard InChI is InChI=1S/C9H11NO2.ClH/c1-7(11)12-9-4-2-8(6-10)3-5-9;/h2-5H,6,10H2,1H3;1H. The Balaban J connectivity index is 0.00000144. The van der Waals surface area contributed by atoms with E-state index in [4.69, 9.17) is 10.5 Å². The zero-order valence-electron chi connectivity index (χ0n) is 7.32. The molecule has 1 aromatic rings. The molecule has 0 atom stereocenters. The third-order valence-corrected chi connectivity index (χ3v) is 1.42. The molecule has 0 fully saturated rings. The fraction of sp³-hybridized carbons (Fsp3) is 0.222. The van der Waals surface area contributed by atoms with Crippen LogP contribution >= 0.6 is 12.4 Å². The fourth-order valence-electron chi connectivity index (χ4n) is 0.860. The van der Waals surface area contributed by atoms with E-state index in [2.05, 4.69) is 0 Å². The van der Waals surface area contributed by atoms with Crippen molar-refractivity contribution in [2.45, 2.75) is 13.5 Å². The van der Waals surface area contributed by atoms with Crippen molar-refractivity contribution in [3.05, 3.63) is 29.8 Å². The summed E-state index contributed by atoms with van der Waals surface area (Å²) in [6.07, 6.45) is 0. The van der Waals surface area contributed by atoms with Crippen LogP contribution in [0.5, 0.6) is 5.75 Å². The van der Waals surface area contributed by atoms with Crippen molar-refractivity contribution < 1.29 is 9.53 Å². The highest BCUT2D eigenvalue weighted by molar-refractivity contribution is 5.85. The fourth-order valence-corrected chi connectivity index (χ4v) is 0.860. The predicted octanol–water partition coefficient (Wildman–Crippen LogP) is 1.49. The van der Waals surface area contributed by atoms with E-state index < -0.39 is 0 Å². The van der Waals surface area contributed by atoms with Gasteiger partial charge in [-0.15, -0.1) is 12.4 Å². The van der Waals surface area contributed by atoms with E-state index in [1.807, 2.05) is 12.1 Å². The highest BCUT2D eigenvalue weighted by atomic mass is 35.5. The normalized spacial score (nSPS) is 8.77. The van der Waals surface area contributed by atoms with Crippen LogP contribution in [-0.4, -0.2) is 5.97 Å². The minimum absolute atomic E-state index is 0. The number of rotatable bonds is 2. The summed E-state index contributed by atoms with van der Waals surface area (Å²) in [4.78, 5) is 10.5.